The molecular weight excluding hydrogens is 216 g/mol. The first-order valence-corrected chi connectivity index (χ1v) is 5.14. The Balaban J connectivity index is 2.62. The molecule has 0 aromatic heterocycles. The van der Waals surface area contributed by atoms with Gasteiger partial charge in [0.05, 0.1) is 17.2 Å². The highest BCUT2D eigenvalue weighted by molar-refractivity contribution is 6.32. The number of para-hydroxylation sites is 1. The third kappa shape index (κ3) is 3.53. The van der Waals surface area contributed by atoms with E-state index in [1.165, 1.54) is 0 Å². The lowest BCUT2D eigenvalue weighted by Crippen LogP contribution is -2.01. The predicted octanol–water partition coefficient (Wildman–Crippen LogP) is 2.30. The number of unbranched alkanes of at least 4 members (excludes halogenated alkanes) is 1. The standard InChI is InChI=1S/C11H13ClO3/c12-10-5-3-4-9(8-14)11(10)15-7-2-1-6-13/h3-5,8,13H,1-2,6-7H2. The fourth-order valence-electron chi connectivity index (χ4n) is 1.16. The third-order valence-corrected chi connectivity index (χ3v) is 2.22. The van der Waals surface area contributed by atoms with Crippen LogP contribution in [0.1, 0.15) is 23.2 Å². The summed E-state index contributed by atoms with van der Waals surface area (Å²) in [6.45, 7) is 0.595. The van der Waals surface area contributed by atoms with Gasteiger partial charge in [0, 0.05) is 6.61 Å². The Morgan fingerprint density at radius 2 is 2.20 bits per heavy atom. The zero-order valence-corrected chi connectivity index (χ0v) is 9.04. The van der Waals surface area contributed by atoms with Crippen LogP contribution in [0.4, 0.5) is 0 Å². The van der Waals surface area contributed by atoms with Gasteiger partial charge in [-0.05, 0) is 25.0 Å². The zero-order valence-electron chi connectivity index (χ0n) is 8.28. The van der Waals surface area contributed by atoms with E-state index in [9.17, 15) is 4.79 Å². The molecule has 1 aromatic carbocycles. The number of hydrogen-bond acceptors (Lipinski definition) is 3. The quantitative estimate of drug-likeness (QED) is 0.600. The predicted molar refractivity (Wildman–Crippen MR) is 58.7 cm³/mol. The fraction of sp³-hybridized carbons (Fsp3) is 0.364. The molecule has 0 atom stereocenters. The van der Waals surface area contributed by atoms with E-state index in [-0.39, 0.29) is 6.61 Å². The molecule has 0 bridgehead atoms. The Morgan fingerprint density at radius 3 is 2.87 bits per heavy atom. The Hall–Kier alpha value is -1.06. The minimum absolute atomic E-state index is 0.145. The molecule has 0 aliphatic heterocycles. The molecule has 3 nitrogen and oxygen atoms in total. The van der Waals surface area contributed by atoms with Crippen LogP contribution in [0.2, 0.25) is 5.02 Å². The molecule has 0 aliphatic carbocycles. The van der Waals surface area contributed by atoms with Crippen molar-refractivity contribution in [3.63, 3.8) is 0 Å². The monoisotopic (exact) mass is 228 g/mol. The van der Waals surface area contributed by atoms with E-state index in [2.05, 4.69) is 0 Å². The van der Waals surface area contributed by atoms with Crippen LogP contribution < -0.4 is 4.74 Å². The summed E-state index contributed by atoms with van der Waals surface area (Å²) in [7, 11) is 0. The number of aliphatic hydroxyl groups is 1. The number of rotatable bonds is 6. The van der Waals surface area contributed by atoms with Gasteiger partial charge in [0.1, 0.15) is 5.75 Å². The zero-order chi connectivity index (χ0) is 11.1. The van der Waals surface area contributed by atoms with E-state index < -0.39 is 0 Å². The Morgan fingerprint density at radius 1 is 1.40 bits per heavy atom. The molecule has 0 aliphatic rings. The summed E-state index contributed by atoms with van der Waals surface area (Å²) in [5.41, 5.74) is 0.450. The first-order chi connectivity index (χ1) is 7.29. The second-order valence-corrected chi connectivity index (χ2v) is 3.46. The molecule has 0 heterocycles. The van der Waals surface area contributed by atoms with Crippen molar-refractivity contribution in [2.45, 2.75) is 12.8 Å². The van der Waals surface area contributed by atoms with Gasteiger partial charge in [0.15, 0.2) is 6.29 Å². The van der Waals surface area contributed by atoms with E-state index in [4.69, 9.17) is 21.4 Å². The maximum absolute atomic E-state index is 10.7. The largest absolute Gasteiger partial charge is 0.491 e. The van der Waals surface area contributed by atoms with Gasteiger partial charge in [0.25, 0.3) is 0 Å². The highest BCUT2D eigenvalue weighted by atomic mass is 35.5. The van der Waals surface area contributed by atoms with Crippen molar-refractivity contribution in [1.29, 1.82) is 0 Å². The van der Waals surface area contributed by atoms with Gasteiger partial charge in [-0.1, -0.05) is 17.7 Å². The van der Waals surface area contributed by atoms with Crippen molar-refractivity contribution in [2.24, 2.45) is 0 Å². The molecule has 0 amide bonds. The van der Waals surface area contributed by atoms with Crippen molar-refractivity contribution in [3.05, 3.63) is 28.8 Å². The van der Waals surface area contributed by atoms with E-state index in [0.29, 0.717) is 35.6 Å². The average Bonchev–Trinajstić information content (AvgIpc) is 2.26. The van der Waals surface area contributed by atoms with E-state index in [1.54, 1.807) is 18.2 Å². The molecule has 0 fully saturated rings. The molecule has 0 spiro atoms. The fourth-order valence-corrected chi connectivity index (χ4v) is 1.40. The van der Waals surface area contributed by atoms with Gasteiger partial charge < -0.3 is 9.84 Å². The van der Waals surface area contributed by atoms with Gasteiger partial charge in [-0.3, -0.25) is 4.79 Å². The van der Waals surface area contributed by atoms with Crippen LogP contribution in [0.3, 0.4) is 0 Å². The van der Waals surface area contributed by atoms with Crippen LogP contribution in [0, 0.1) is 0 Å². The molecule has 1 rings (SSSR count). The molecule has 0 radical (unpaired) electrons. The highest BCUT2D eigenvalue weighted by Crippen LogP contribution is 2.27. The summed E-state index contributed by atoms with van der Waals surface area (Å²) in [5, 5.41) is 9.01. The van der Waals surface area contributed by atoms with Crippen molar-refractivity contribution in [2.75, 3.05) is 13.2 Å². The van der Waals surface area contributed by atoms with Crippen molar-refractivity contribution < 1.29 is 14.6 Å². The minimum Gasteiger partial charge on any atom is -0.491 e. The van der Waals surface area contributed by atoms with Crippen LogP contribution in [-0.4, -0.2) is 24.6 Å². The molecular formula is C11H13ClO3. The molecule has 0 unspecified atom stereocenters. The normalized spacial score (nSPS) is 10.0. The van der Waals surface area contributed by atoms with Crippen LogP contribution in [0.25, 0.3) is 0 Å². The minimum atomic E-state index is 0.145. The summed E-state index contributed by atoms with van der Waals surface area (Å²) in [4.78, 5) is 10.7. The van der Waals surface area contributed by atoms with Crippen LogP contribution in [0.5, 0.6) is 5.75 Å². The van der Waals surface area contributed by atoms with Gasteiger partial charge in [-0.25, -0.2) is 0 Å². The van der Waals surface area contributed by atoms with E-state index in [0.717, 1.165) is 6.42 Å². The average molecular weight is 229 g/mol. The Labute approximate surface area is 93.6 Å². The number of ether oxygens (including phenoxy) is 1. The summed E-state index contributed by atoms with van der Waals surface area (Å²) in [6, 6.07) is 5.03. The number of aliphatic hydroxyl groups excluding tert-OH is 1. The number of benzene rings is 1. The number of aldehydes is 1. The molecule has 15 heavy (non-hydrogen) atoms. The Bertz CT molecular complexity index is 326. The van der Waals surface area contributed by atoms with Crippen LogP contribution in [0.15, 0.2) is 18.2 Å². The molecule has 1 aromatic rings. The van der Waals surface area contributed by atoms with Gasteiger partial charge >= 0.3 is 0 Å². The first-order valence-electron chi connectivity index (χ1n) is 4.77. The number of halogens is 1. The summed E-state index contributed by atoms with van der Waals surface area (Å²) in [6.07, 6.45) is 2.13. The second kappa shape index (κ2) is 6.43. The van der Waals surface area contributed by atoms with Gasteiger partial charge in [-0.15, -0.1) is 0 Å². The van der Waals surface area contributed by atoms with Gasteiger partial charge in [-0.2, -0.15) is 0 Å². The maximum Gasteiger partial charge on any atom is 0.153 e. The smallest absolute Gasteiger partial charge is 0.153 e. The third-order valence-electron chi connectivity index (χ3n) is 1.92. The molecule has 4 heteroatoms. The molecule has 1 N–H and O–H groups in total. The maximum atomic E-state index is 10.7. The summed E-state index contributed by atoms with van der Waals surface area (Å²) >= 11 is 5.89. The van der Waals surface area contributed by atoms with Crippen LogP contribution in [-0.2, 0) is 0 Å². The first kappa shape index (κ1) is 12.0. The molecule has 82 valence electrons. The molecule has 0 saturated carbocycles. The lowest BCUT2D eigenvalue weighted by atomic mass is 10.2. The number of carbonyl (C=O) groups excluding carboxylic acids is 1. The molecule has 0 saturated heterocycles. The van der Waals surface area contributed by atoms with Crippen molar-refractivity contribution in [3.8, 4) is 5.75 Å². The summed E-state index contributed by atoms with van der Waals surface area (Å²) in [5.74, 6) is 0.423. The second-order valence-electron chi connectivity index (χ2n) is 3.06. The van der Waals surface area contributed by atoms with E-state index >= 15 is 0 Å². The Kier molecular flexibility index (Phi) is 5.15. The van der Waals surface area contributed by atoms with Crippen LogP contribution >= 0.6 is 11.6 Å². The number of carbonyl (C=O) groups is 1. The van der Waals surface area contributed by atoms with E-state index in [1.807, 2.05) is 0 Å². The topological polar surface area (TPSA) is 46.5 Å². The SMILES string of the molecule is O=Cc1cccc(Cl)c1OCCCCO. The van der Waals surface area contributed by atoms with Crippen molar-refractivity contribution >= 4 is 17.9 Å². The number of hydrogen-bond donors (Lipinski definition) is 1. The van der Waals surface area contributed by atoms with Gasteiger partial charge in [0.2, 0.25) is 0 Å². The highest BCUT2D eigenvalue weighted by Gasteiger charge is 2.06. The lowest BCUT2D eigenvalue weighted by Gasteiger charge is -2.09. The summed E-state index contributed by atoms with van der Waals surface area (Å²) < 4.78 is 5.39. The lowest BCUT2D eigenvalue weighted by molar-refractivity contribution is 0.111. The van der Waals surface area contributed by atoms with Crippen molar-refractivity contribution in [1.82, 2.24) is 0 Å².